The Labute approximate surface area is 135 Å². The van der Waals surface area contributed by atoms with Gasteiger partial charge in [-0.15, -0.1) is 5.10 Å². The number of fused-ring (bicyclic) bond motifs is 1. The molecule has 3 heterocycles. The summed E-state index contributed by atoms with van der Waals surface area (Å²) >= 11 is 5.79. The first kappa shape index (κ1) is 15.4. The number of hydrogen-bond acceptors (Lipinski definition) is 6. The summed E-state index contributed by atoms with van der Waals surface area (Å²) in [6.07, 6.45) is 1.66. The molecule has 3 aromatic heterocycles. The molecule has 1 N–H and O–H groups in total. The number of rotatable bonds is 5. The zero-order valence-electron chi connectivity index (χ0n) is 12.3. The summed E-state index contributed by atoms with van der Waals surface area (Å²) in [6.45, 7) is 2.17. The molecule has 0 aliphatic heterocycles. The molecule has 0 unspecified atom stereocenters. The van der Waals surface area contributed by atoms with Crippen molar-refractivity contribution < 1.29 is 9.84 Å². The number of pyridine rings is 1. The standard InChI is InChI=1S/C14H14ClN5O3/c1-9-6-12(22)20-14(17-13(18-20)23-5-4-21)19(9)8-10-2-3-11(15)16-7-10/h2-3,6-7,21H,4-5,8H2,1H3. The van der Waals surface area contributed by atoms with Crippen LogP contribution in [0.4, 0.5) is 0 Å². The molecule has 120 valence electrons. The quantitative estimate of drug-likeness (QED) is 0.689. The summed E-state index contributed by atoms with van der Waals surface area (Å²) in [5.74, 6) is 0.359. The topological polar surface area (TPSA) is 94.5 Å². The highest BCUT2D eigenvalue weighted by Crippen LogP contribution is 2.12. The Morgan fingerprint density at radius 3 is 2.91 bits per heavy atom. The Morgan fingerprint density at radius 2 is 2.22 bits per heavy atom. The molecular formula is C14H14ClN5O3. The van der Waals surface area contributed by atoms with Crippen LogP contribution in [0.5, 0.6) is 6.01 Å². The second-order valence-corrected chi connectivity index (χ2v) is 5.26. The van der Waals surface area contributed by atoms with Gasteiger partial charge in [-0.05, 0) is 18.6 Å². The molecule has 0 fully saturated rings. The molecule has 0 radical (unpaired) electrons. The molecule has 23 heavy (non-hydrogen) atoms. The summed E-state index contributed by atoms with van der Waals surface area (Å²) in [5, 5.41) is 13.2. The average molecular weight is 336 g/mol. The zero-order valence-corrected chi connectivity index (χ0v) is 13.1. The van der Waals surface area contributed by atoms with Crippen LogP contribution in [-0.4, -0.2) is 42.5 Å². The van der Waals surface area contributed by atoms with Gasteiger partial charge < -0.3 is 14.4 Å². The van der Waals surface area contributed by atoms with Gasteiger partial charge in [-0.25, -0.2) is 4.98 Å². The van der Waals surface area contributed by atoms with Gasteiger partial charge in [0.05, 0.1) is 13.2 Å². The van der Waals surface area contributed by atoms with Crippen LogP contribution < -0.4 is 10.3 Å². The molecule has 9 heteroatoms. The minimum atomic E-state index is -0.297. The first-order valence-electron chi connectivity index (χ1n) is 6.90. The van der Waals surface area contributed by atoms with Crippen LogP contribution in [0.25, 0.3) is 5.78 Å². The monoisotopic (exact) mass is 335 g/mol. The average Bonchev–Trinajstić information content (AvgIpc) is 2.96. The van der Waals surface area contributed by atoms with Gasteiger partial charge in [0.15, 0.2) is 0 Å². The van der Waals surface area contributed by atoms with Gasteiger partial charge in [-0.3, -0.25) is 4.79 Å². The number of hydrogen-bond donors (Lipinski definition) is 1. The van der Waals surface area contributed by atoms with E-state index in [1.165, 1.54) is 10.6 Å². The summed E-state index contributed by atoms with van der Waals surface area (Å²) in [6, 6.07) is 5.07. The van der Waals surface area contributed by atoms with E-state index in [9.17, 15) is 4.79 Å². The highest BCUT2D eigenvalue weighted by molar-refractivity contribution is 6.29. The van der Waals surface area contributed by atoms with E-state index in [1.54, 1.807) is 12.3 Å². The van der Waals surface area contributed by atoms with E-state index in [1.807, 2.05) is 17.6 Å². The maximum atomic E-state index is 12.0. The van der Waals surface area contributed by atoms with Gasteiger partial charge in [0.2, 0.25) is 5.78 Å². The van der Waals surface area contributed by atoms with Crippen LogP contribution in [0, 0.1) is 6.92 Å². The van der Waals surface area contributed by atoms with Crippen molar-refractivity contribution in [2.24, 2.45) is 0 Å². The largest absolute Gasteiger partial charge is 0.460 e. The Morgan fingerprint density at radius 1 is 1.39 bits per heavy atom. The predicted octanol–water partition coefficient (Wildman–Crippen LogP) is 0.667. The minimum absolute atomic E-state index is 0.0460. The van der Waals surface area contributed by atoms with E-state index >= 15 is 0 Å². The molecule has 0 aliphatic carbocycles. The fourth-order valence-electron chi connectivity index (χ4n) is 2.16. The lowest BCUT2D eigenvalue weighted by atomic mass is 10.3. The lowest BCUT2D eigenvalue weighted by Gasteiger charge is -2.11. The molecule has 3 rings (SSSR count). The Kier molecular flexibility index (Phi) is 4.26. The molecule has 0 saturated carbocycles. The maximum Gasteiger partial charge on any atom is 0.337 e. The van der Waals surface area contributed by atoms with Crippen LogP contribution in [0.15, 0.2) is 29.2 Å². The second kappa shape index (κ2) is 6.35. The Hall–Kier alpha value is -2.45. The third kappa shape index (κ3) is 3.17. The molecule has 0 spiro atoms. The number of ether oxygens (including phenoxy) is 1. The van der Waals surface area contributed by atoms with Crippen LogP contribution in [0.3, 0.4) is 0 Å². The highest BCUT2D eigenvalue weighted by Gasteiger charge is 2.13. The summed E-state index contributed by atoms with van der Waals surface area (Å²) in [4.78, 5) is 20.3. The molecule has 0 atom stereocenters. The number of nitrogens with zero attached hydrogens (tertiary/aromatic N) is 5. The van der Waals surface area contributed by atoms with Crippen LogP contribution >= 0.6 is 11.6 Å². The van der Waals surface area contributed by atoms with E-state index in [2.05, 4.69) is 15.1 Å². The van der Waals surface area contributed by atoms with Crippen molar-refractivity contribution in [3.63, 3.8) is 0 Å². The van der Waals surface area contributed by atoms with Crippen molar-refractivity contribution in [3.8, 4) is 6.01 Å². The number of aliphatic hydroxyl groups is 1. The molecule has 3 aromatic rings. The number of halogens is 1. The Balaban J connectivity index is 2.05. The summed E-state index contributed by atoms with van der Waals surface area (Å²) in [7, 11) is 0. The molecule has 0 aliphatic rings. The molecule has 0 saturated heterocycles. The van der Waals surface area contributed by atoms with Crippen LogP contribution in [-0.2, 0) is 6.54 Å². The van der Waals surface area contributed by atoms with Crippen molar-refractivity contribution in [2.45, 2.75) is 13.5 Å². The van der Waals surface area contributed by atoms with E-state index in [-0.39, 0.29) is 24.8 Å². The molecule has 0 bridgehead atoms. The summed E-state index contributed by atoms with van der Waals surface area (Å²) in [5.41, 5.74) is 1.34. The van der Waals surface area contributed by atoms with Crippen LogP contribution in [0.2, 0.25) is 5.15 Å². The van der Waals surface area contributed by atoms with Gasteiger partial charge in [0.25, 0.3) is 5.56 Å². The van der Waals surface area contributed by atoms with Gasteiger partial charge >= 0.3 is 6.01 Å². The molecule has 8 nitrogen and oxygen atoms in total. The predicted molar refractivity (Wildman–Crippen MR) is 82.9 cm³/mol. The van der Waals surface area contributed by atoms with Crippen molar-refractivity contribution in [1.29, 1.82) is 0 Å². The lowest BCUT2D eigenvalue weighted by Crippen LogP contribution is -2.20. The fourth-order valence-corrected chi connectivity index (χ4v) is 2.27. The smallest absolute Gasteiger partial charge is 0.337 e. The van der Waals surface area contributed by atoms with Crippen molar-refractivity contribution >= 4 is 17.4 Å². The normalized spacial score (nSPS) is 11.1. The number of aromatic nitrogens is 5. The van der Waals surface area contributed by atoms with Gasteiger partial charge in [0, 0.05) is 18.0 Å². The SMILES string of the molecule is Cc1cc(=O)n2nc(OCCO)nc2n1Cc1ccc(Cl)nc1. The highest BCUT2D eigenvalue weighted by atomic mass is 35.5. The van der Waals surface area contributed by atoms with Crippen molar-refractivity contribution in [3.05, 3.63) is 51.2 Å². The van der Waals surface area contributed by atoms with Gasteiger partial charge in [-0.1, -0.05) is 17.7 Å². The van der Waals surface area contributed by atoms with E-state index < -0.39 is 0 Å². The Bertz CT molecular complexity index is 888. The molecule has 0 aromatic carbocycles. The lowest BCUT2D eigenvalue weighted by molar-refractivity contribution is 0.191. The van der Waals surface area contributed by atoms with Crippen molar-refractivity contribution in [1.82, 2.24) is 24.1 Å². The maximum absolute atomic E-state index is 12.0. The van der Waals surface area contributed by atoms with E-state index in [0.29, 0.717) is 17.5 Å². The van der Waals surface area contributed by atoms with Gasteiger partial charge in [-0.2, -0.15) is 9.50 Å². The van der Waals surface area contributed by atoms with Crippen LogP contribution in [0.1, 0.15) is 11.3 Å². The van der Waals surface area contributed by atoms with Gasteiger partial charge in [0.1, 0.15) is 11.8 Å². The number of aliphatic hydroxyl groups excluding tert-OH is 1. The number of aryl methyl sites for hydroxylation is 1. The fraction of sp³-hybridized carbons (Fsp3) is 0.286. The van der Waals surface area contributed by atoms with E-state index in [4.69, 9.17) is 21.4 Å². The second-order valence-electron chi connectivity index (χ2n) is 4.88. The minimum Gasteiger partial charge on any atom is -0.460 e. The third-order valence-corrected chi connectivity index (χ3v) is 3.45. The molecule has 0 amide bonds. The summed E-state index contributed by atoms with van der Waals surface area (Å²) < 4.78 is 8.18. The van der Waals surface area contributed by atoms with Crippen molar-refractivity contribution in [2.75, 3.05) is 13.2 Å². The first-order chi connectivity index (χ1) is 11.1. The first-order valence-corrected chi connectivity index (χ1v) is 7.27. The molecular weight excluding hydrogens is 322 g/mol. The third-order valence-electron chi connectivity index (χ3n) is 3.23. The zero-order chi connectivity index (χ0) is 16.4. The van der Waals surface area contributed by atoms with E-state index in [0.717, 1.165) is 11.3 Å².